The lowest BCUT2D eigenvalue weighted by atomic mass is 9.94. The minimum atomic E-state index is 0.237. The van der Waals surface area contributed by atoms with E-state index in [-0.39, 0.29) is 11.7 Å². The Bertz CT molecular complexity index is 329. The van der Waals surface area contributed by atoms with Gasteiger partial charge < -0.3 is 0 Å². The summed E-state index contributed by atoms with van der Waals surface area (Å²) < 4.78 is 1.69. The zero-order valence-corrected chi connectivity index (χ0v) is 9.09. The molecule has 1 aliphatic rings. The van der Waals surface area contributed by atoms with Crippen molar-refractivity contribution < 1.29 is 4.79 Å². The summed E-state index contributed by atoms with van der Waals surface area (Å²) in [6.07, 6.45) is 5.53. The summed E-state index contributed by atoms with van der Waals surface area (Å²) in [7, 11) is 1.84. The van der Waals surface area contributed by atoms with E-state index in [0.29, 0.717) is 0 Å². The Morgan fingerprint density at radius 3 is 2.86 bits per heavy atom. The molecule has 0 bridgehead atoms. The van der Waals surface area contributed by atoms with Crippen LogP contribution in [-0.2, 0) is 7.05 Å². The first-order valence-electron chi connectivity index (χ1n) is 4.88. The highest BCUT2D eigenvalue weighted by Crippen LogP contribution is 2.25. The first-order valence-corrected chi connectivity index (χ1v) is 6.03. The molecular formula is C10H14N2OS. The molecule has 1 aromatic heterocycles. The molecule has 0 unspecified atom stereocenters. The van der Waals surface area contributed by atoms with Crippen molar-refractivity contribution in [2.45, 2.75) is 12.8 Å². The zero-order valence-electron chi connectivity index (χ0n) is 8.27. The van der Waals surface area contributed by atoms with E-state index in [0.717, 1.165) is 29.9 Å². The maximum absolute atomic E-state index is 12.0. The van der Waals surface area contributed by atoms with Crippen LogP contribution in [-0.4, -0.2) is 27.1 Å². The van der Waals surface area contributed by atoms with Crippen LogP contribution >= 0.6 is 11.8 Å². The SMILES string of the molecule is Cn1cc(C(=O)C2CCSCC2)cn1. The van der Waals surface area contributed by atoms with Crippen LogP contribution < -0.4 is 0 Å². The Hall–Kier alpha value is -0.770. The van der Waals surface area contributed by atoms with Crippen LogP contribution in [0.1, 0.15) is 23.2 Å². The molecule has 0 saturated carbocycles. The van der Waals surface area contributed by atoms with Crippen molar-refractivity contribution in [3.63, 3.8) is 0 Å². The Morgan fingerprint density at radius 1 is 1.57 bits per heavy atom. The van der Waals surface area contributed by atoms with Gasteiger partial charge in [0.25, 0.3) is 0 Å². The molecule has 76 valence electrons. The molecule has 1 fully saturated rings. The van der Waals surface area contributed by atoms with E-state index in [4.69, 9.17) is 0 Å². The minimum absolute atomic E-state index is 0.237. The van der Waals surface area contributed by atoms with Crippen molar-refractivity contribution in [1.82, 2.24) is 9.78 Å². The largest absolute Gasteiger partial charge is 0.294 e. The number of hydrogen-bond acceptors (Lipinski definition) is 3. The summed E-state index contributed by atoms with van der Waals surface area (Å²) in [4.78, 5) is 12.0. The molecule has 0 amide bonds. The number of rotatable bonds is 2. The van der Waals surface area contributed by atoms with Crippen LogP contribution in [0.15, 0.2) is 12.4 Å². The summed E-state index contributed by atoms with van der Waals surface area (Å²) in [5, 5.41) is 4.02. The fourth-order valence-corrected chi connectivity index (χ4v) is 2.85. The number of carbonyl (C=O) groups excluding carboxylic acids is 1. The quantitative estimate of drug-likeness (QED) is 0.697. The lowest BCUT2D eigenvalue weighted by molar-refractivity contribution is 0.0913. The van der Waals surface area contributed by atoms with Crippen LogP contribution in [0, 0.1) is 5.92 Å². The predicted octanol–water partition coefficient (Wildman–Crippen LogP) is 1.75. The monoisotopic (exact) mass is 210 g/mol. The third-order valence-corrected chi connectivity index (χ3v) is 3.63. The molecule has 4 heteroatoms. The number of Topliss-reactive ketones (excluding diaryl/α,β-unsaturated/α-hetero) is 1. The van der Waals surface area contributed by atoms with Crippen molar-refractivity contribution in [2.24, 2.45) is 13.0 Å². The van der Waals surface area contributed by atoms with Crippen molar-refractivity contribution >= 4 is 17.5 Å². The maximum atomic E-state index is 12.0. The highest BCUT2D eigenvalue weighted by molar-refractivity contribution is 7.99. The van der Waals surface area contributed by atoms with E-state index in [1.165, 1.54) is 0 Å². The van der Waals surface area contributed by atoms with E-state index < -0.39 is 0 Å². The molecule has 2 heterocycles. The molecular weight excluding hydrogens is 196 g/mol. The number of thioether (sulfide) groups is 1. The molecule has 1 aliphatic heterocycles. The molecule has 1 saturated heterocycles. The van der Waals surface area contributed by atoms with Gasteiger partial charge in [-0.15, -0.1) is 0 Å². The van der Waals surface area contributed by atoms with Crippen LogP contribution in [0.5, 0.6) is 0 Å². The van der Waals surface area contributed by atoms with E-state index in [9.17, 15) is 4.79 Å². The van der Waals surface area contributed by atoms with E-state index in [1.807, 2.05) is 25.0 Å². The van der Waals surface area contributed by atoms with Gasteiger partial charge in [-0.2, -0.15) is 16.9 Å². The van der Waals surface area contributed by atoms with Gasteiger partial charge in [0.15, 0.2) is 5.78 Å². The fraction of sp³-hybridized carbons (Fsp3) is 0.600. The highest BCUT2D eigenvalue weighted by Gasteiger charge is 2.23. The second-order valence-corrected chi connectivity index (χ2v) is 4.88. The van der Waals surface area contributed by atoms with Gasteiger partial charge in [0.1, 0.15) is 0 Å². The Balaban J connectivity index is 2.07. The summed E-state index contributed by atoms with van der Waals surface area (Å²) in [5.74, 6) is 2.76. The van der Waals surface area contributed by atoms with E-state index in [1.54, 1.807) is 10.9 Å². The molecule has 0 N–H and O–H groups in total. The number of aryl methyl sites for hydroxylation is 1. The van der Waals surface area contributed by atoms with Gasteiger partial charge in [-0.05, 0) is 24.3 Å². The zero-order chi connectivity index (χ0) is 9.97. The molecule has 14 heavy (non-hydrogen) atoms. The molecule has 0 radical (unpaired) electrons. The van der Waals surface area contributed by atoms with Gasteiger partial charge in [-0.3, -0.25) is 9.48 Å². The van der Waals surface area contributed by atoms with E-state index >= 15 is 0 Å². The molecule has 0 spiro atoms. The van der Waals surface area contributed by atoms with Gasteiger partial charge in [0.05, 0.1) is 11.8 Å². The van der Waals surface area contributed by atoms with Gasteiger partial charge >= 0.3 is 0 Å². The number of aromatic nitrogens is 2. The maximum Gasteiger partial charge on any atom is 0.169 e. The average molecular weight is 210 g/mol. The van der Waals surface area contributed by atoms with Crippen LogP contribution in [0.3, 0.4) is 0 Å². The molecule has 3 nitrogen and oxygen atoms in total. The Morgan fingerprint density at radius 2 is 2.29 bits per heavy atom. The normalized spacial score (nSPS) is 18.4. The lowest BCUT2D eigenvalue weighted by Crippen LogP contribution is -2.19. The third-order valence-electron chi connectivity index (χ3n) is 2.58. The van der Waals surface area contributed by atoms with Crippen molar-refractivity contribution in [3.8, 4) is 0 Å². The fourth-order valence-electron chi connectivity index (χ4n) is 1.74. The van der Waals surface area contributed by atoms with Crippen LogP contribution in [0.2, 0.25) is 0 Å². The predicted molar refractivity (Wildman–Crippen MR) is 57.6 cm³/mol. The number of carbonyl (C=O) groups is 1. The molecule has 0 atom stereocenters. The minimum Gasteiger partial charge on any atom is -0.294 e. The molecule has 0 aromatic carbocycles. The lowest BCUT2D eigenvalue weighted by Gasteiger charge is -2.19. The van der Waals surface area contributed by atoms with Gasteiger partial charge in [-0.1, -0.05) is 0 Å². The first kappa shape index (κ1) is 9.77. The Kier molecular flexibility index (Phi) is 2.91. The third kappa shape index (κ3) is 2.00. The van der Waals surface area contributed by atoms with Crippen molar-refractivity contribution in [1.29, 1.82) is 0 Å². The smallest absolute Gasteiger partial charge is 0.169 e. The number of ketones is 1. The average Bonchev–Trinajstić information content (AvgIpc) is 2.65. The number of nitrogens with zero attached hydrogens (tertiary/aromatic N) is 2. The van der Waals surface area contributed by atoms with Crippen molar-refractivity contribution in [3.05, 3.63) is 18.0 Å². The second-order valence-electron chi connectivity index (χ2n) is 3.65. The first-order chi connectivity index (χ1) is 6.77. The highest BCUT2D eigenvalue weighted by atomic mass is 32.2. The van der Waals surface area contributed by atoms with Crippen LogP contribution in [0.25, 0.3) is 0 Å². The molecule has 0 aliphatic carbocycles. The number of hydrogen-bond donors (Lipinski definition) is 0. The summed E-state index contributed by atoms with van der Waals surface area (Å²) in [6, 6.07) is 0. The molecule has 1 aromatic rings. The van der Waals surface area contributed by atoms with Gasteiger partial charge in [0.2, 0.25) is 0 Å². The standard InChI is InChI=1S/C10H14N2OS/c1-12-7-9(6-11-12)10(13)8-2-4-14-5-3-8/h6-8H,2-5H2,1H3. The summed E-state index contributed by atoms with van der Waals surface area (Å²) in [6.45, 7) is 0. The van der Waals surface area contributed by atoms with Gasteiger partial charge in [-0.25, -0.2) is 0 Å². The van der Waals surface area contributed by atoms with E-state index in [2.05, 4.69) is 5.10 Å². The van der Waals surface area contributed by atoms with Crippen molar-refractivity contribution in [2.75, 3.05) is 11.5 Å². The Labute approximate surface area is 87.9 Å². The van der Waals surface area contributed by atoms with Crippen LogP contribution in [0.4, 0.5) is 0 Å². The van der Waals surface area contributed by atoms with Gasteiger partial charge in [0, 0.05) is 19.2 Å². The summed E-state index contributed by atoms with van der Waals surface area (Å²) in [5.41, 5.74) is 0.768. The second kappa shape index (κ2) is 4.17. The topological polar surface area (TPSA) is 34.9 Å². The molecule has 2 rings (SSSR count). The summed E-state index contributed by atoms with van der Waals surface area (Å²) >= 11 is 1.94.